The lowest BCUT2D eigenvalue weighted by Gasteiger charge is -2.31. The van der Waals surface area contributed by atoms with Crippen LogP contribution < -0.4 is 5.32 Å². The van der Waals surface area contributed by atoms with Crippen LogP contribution in [0.5, 0.6) is 0 Å². The summed E-state index contributed by atoms with van der Waals surface area (Å²) in [5, 5.41) is 2.77. The topological polar surface area (TPSA) is 66.5 Å². The largest absolute Gasteiger partial charge is 0.326 e. The van der Waals surface area contributed by atoms with Gasteiger partial charge in [-0.3, -0.25) is 4.79 Å². The average Bonchev–Trinajstić information content (AvgIpc) is 2.62. The molecule has 0 aromatic heterocycles. The Kier molecular flexibility index (Phi) is 5.86. The molecule has 1 heterocycles. The van der Waals surface area contributed by atoms with Crippen LogP contribution in [-0.4, -0.2) is 31.7 Å². The van der Waals surface area contributed by atoms with E-state index in [0.29, 0.717) is 36.5 Å². The molecule has 0 aliphatic carbocycles. The van der Waals surface area contributed by atoms with Gasteiger partial charge in [0.25, 0.3) is 0 Å². The average molecular weight is 405 g/mol. The molecule has 1 aliphatic heterocycles. The third kappa shape index (κ3) is 4.25. The minimum absolute atomic E-state index is 0.161. The summed E-state index contributed by atoms with van der Waals surface area (Å²) >= 11 is 0. The molecular formula is C21H25FN2O3S. The Morgan fingerprint density at radius 1 is 1.04 bits per heavy atom. The summed E-state index contributed by atoms with van der Waals surface area (Å²) in [4.78, 5) is 12.8. The Balaban J connectivity index is 1.68. The number of carbonyl (C=O) groups is 1. The van der Waals surface area contributed by atoms with Crippen LogP contribution >= 0.6 is 0 Å². The Bertz CT molecular complexity index is 956. The molecule has 0 spiro atoms. The molecule has 0 radical (unpaired) electrons. The zero-order chi connectivity index (χ0) is 20.5. The fourth-order valence-electron chi connectivity index (χ4n) is 3.84. The van der Waals surface area contributed by atoms with E-state index in [1.165, 1.54) is 28.6 Å². The van der Waals surface area contributed by atoms with Gasteiger partial charge in [-0.2, -0.15) is 4.31 Å². The molecule has 7 heteroatoms. The number of hydrogen-bond donors (Lipinski definition) is 1. The first-order chi connectivity index (χ1) is 13.2. The molecule has 28 heavy (non-hydrogen) atoms. The molecule has 0 atom stereocenters. The van der Waals surface area contributed by atoms with E-state index in [-0.39, 0.29) is 17.6 Å². The van der Waals surface area contributed by atoms with Crippen molar-refractivity contribution in [1.82, 2.24) is 4.31 Å². The van der Waals surface area contributed by atoms with Crippen molar-refractivity contribution in [2.75, 3.05) is 18.4 Å². The quantitative estimate of drug-likeness (QED) is 0.843. The zero-order valence-electron chi connectivity index (χ0n) is 16.3. The van der Waals surface area contributed by atoms with E-state index in [2.05, 4.69) is 5.32 Å². The van der Waals surface area contributed by atoms with Crippen molar-refractivity contribution < 1.29 is 17.6 Å². The second-order valence-electron chi connectivity index (χ2n) is 7.40. The van der Waals surface area contributed by atoms with Gasteiger partial charge >= 0.3 is 0 Å². The Hall–Kier alpha value is -2.25. The predicted molar refractivity (Wildman–Crippen MR) is 107 cm³/mol. The Morgan fingerprint density at radius 2 is 1.57 bits per heavy atom. The molecule has 2 aromatic carbocycles. The van der Waals surface area contributed by atoms with Crippen molar-refractivity contribution >= 4 is 21.6 Å². The van der Waals surface area contributed by atoms with Crippen LogP contribution in [0.25, 0.3) is 0 Å². The molecule has 5 nitrogen and oxygen atoms in total. The fraction of sp³-hybridized carbons (Fsp3) is 0.381. The van der Waals surface area contributed by atoms with Crippen LogP contribution in [0.15, 0.2) is 41.3 Å². The molecule has 1 amide bonds. The highest BCUT2D eigenvalue weighted by Crippen LogP contribution is 2.29. The molecule has 0 unspecified atom stereocenters. The van der Waals surface area contributed by atoms with Crippen LogP contribution in [0.2, 0.25) is 0 Å². The minimum Gasteiger partial charge on any atom is -0.326 e. The van der Waals surface area contributed by atoms with Crippen LogP contribution in [0.4, 0.5) is 10.1 Å². The van der Waals surface area contributed by atoms with Crippen LogP contribution in [-0.2, 0) is 14.8 Å². The number of hydrogen-bond acceptors (Lipinski definition) is 3. The van der Waals surface area contributed by atoms with Crippen molar-refractivity contribution in [2.45, 2.75) is 38.5 Å². The van der Waals surface area contributed by atoms with Gasteiger partial charge in [0.15, 0.2) is 0 Å². The van der Waals surface area contributed by atoms with Crippen LogP contribution in [0.3, 0.4) is 0 Å². The van der Waals surface area contributed by atoms with Gasteiger partial charge in [-0.05, 0) is 69.0 Å². The molecule has 1 N–H and O–H groups in total. The summed E-state index contributed by atoms with van der Waals surface area (Å²) in [6.07, 6.45) is 0.909. The van der Waals surface area contributed by atoms with E-state index >= 15 is 0 Å². The monoisotopic (exact) mass is 404 g/mol. The van der Waals surface area contributed by atoms with Crippen molar-refractivity contribution in [1.29, 1.82) is 0 Å². The summed E-state index contributed by atoms with van der Waals surface area (Å²) in [5.41, 5.74) is 3.06. The lowest BCUT2D eigenvalue weighted by molar-refractivity contribution is -0.120. The third-order valence-corrected chi connectivity index (χ3v) is 7.34. The molecule has 1 saturated heterocycles. The fourth-order valence-corrected chi connectivity index (χ4v) is 5.72. The highest BCUT2D eigenvalue weighted by Gasteiger charge is 2.33. The molecule has 1 aliphatic rings. The highest BCUT2D eigenvalue weighted by molar-refractivity contribution is 7.89. The highest BCUT2D eigenvalue weighted by atomic mass is 32.2. The number of carbonyl (C=O) groups excluding carboxylic acids is 1. The molecule has 0 saturated carbocycles. The maximum Gasteiger partial charge on any atom is 0.243 e. The number of benzene rings is 2. The first kappa shape index (κ1) is 20.5. The van der Waals surface area contributed by atoms with Gasteiger partial charge < -0.3 is 5.32 Å². The van der Waals surface area contributed by atoms with Gasteiger partial charge in [0.2, 0.25) is 15.9 Å². The van der Waals surface area contributed by atoms with Crippen molar-refractivity contribution in [3.8, 4) is 0 Å². The van der Waals surface area contributed by atoms with Crippen LogP contribution in [0.1, 0.15) is 29.5 Å². The van der Waals surface area contributed by atoms with Crippen molar-refractivity contribution in [3.63, 3.8) is 0 Å². The van der Waals surface area contributed by atoms with E-state index in [0.717, 1.165) is 16.7 Å². The van der Waals surface area contributed by atoms with Gasteiger partial charge in [0.05, 0.1) is 4.90 Å². The van der Waals surface area contributed by atoms with E-state index in [1.807, 2.05) is 32.9 Å². The van der Waals surface area contributed by atoms with Gasteiger partial charge in [-0.25, -0.2) is 12.8 Å². The number of nitrogens with one attached hydrogen (secondary N) is 1. The number of anilines is 1. The van der Waals surface area contributed by atoms with E-state index in [1.54, 1.807) is 0 Å². The Labute approximate surface area is 165 Å². The number of halogens is 1. The van der Waals surface area contributed by atoms with E-state index < -0.39 is 10.0 Å². The predicted octanol–water partition coefficient (Wildman–Crippen LogP) is 3.79. The first-order valence-electron chi connectivity index (χ1n) is 9.33. The third-order valence-electron chi connectivity index (χ3n) is 5.14. The number of nitrogens with zero attached hydrogens (tertiary/aromatic N) is 1. The maximum absolute atomic E-state index is 13.1. The second-order valence-corrected chi connectivity index (χ2v) is 9.28. The van der Waals surface area contributed by atoms with Crippen molar-refractivity contribution in [2.24, 2.45) is 5.92 Å². The van der Waals surface area contributed by atoms with Gasteiger partial charge in [-0.1, -0.05) is 17.7 Å². The van der Waals surface area contributed by atoms with E-state index in [4.69, 9.17) is 0 Å². The molecule has 3 rings (SSSR count). The van der Waals surface area contributed by atoms with Gasteiger partial charge in [0, 0.05) is 24.7 Å². The standard InChI is InChI=1S/C21H25FN2O3S/c1-14-12-15(2)20(16(3)13-14)28(26,27)24-10-8-17(9-11-24)21(25)23-19-6-4-18(22)5-7-19/h4-7,12-13,17H,8-11H2,1-3H3,(H,23,25). The number of piperidine rings is 1. The maximum atomic E-state index is 13.1. The molecular weight excluding hydrogens is 379 g/mol. The molecule has 0 bridgehead atoms. The SMILES string of the molecule is Cc1cc(C)c(S(=O)(=O)N2CCC(C(=O)Nc3ccc(F)cc3)CC2)c(C)c1. The minimum atomic E-state index is -3.59. The second kappa shape index (κ2) is 8.01. The number of rotatable bonds is 4. The van der Waals surface area contributed by atoms with Crippen LogP contribution in [0, 0.1) is 32.5 Å². The van der Waals surface area contributed by atoms with Gasteiger partial charge in [0.1, 0.15) is 5.82 Å². The summed E-state index contributed by atoms with van der Waals surface area (Å²) < 4.78 is 40.7. The van der Waals surface area contributed by atoms with Crippen molar-refractivity contribution in [3.05, 3.63) is 58.9 Å². The Morgan fingerprint density at radius 3 is 2.11 bits per heavy atom. The molecule has 2 aromatic rings. The number of aryl methyl sites for hydroxylation is 3. The lowest BCUT2D eigenvalue weighted by atomic mass is 9.97. The smallest absolute Gasteiger partial charge is 0.243 e. The first-order valence-corrected chi connectivity index (χ1v) is 10.8. The zero-order valence-corrected chi connectivity index (χ0v) is 17.1. The summed E-state index contributed by atoms with van der Waals surface area (Å²) in [6, 6.07) is 9.35. The lowest BCUT2D eigenvalue weighted by Crippen LogP contribution is -2.41. The summed E-state index contributed by atoms with van der Waals surface area (Å²) in [7, 11) is -3.59. The normalized spacial score (nSPS) is 16.1. The van der Waals surface area contributed by atoms with E-state index in [9.17, 15) is 17.6 Å². The summed E-state index contributed by atoms with van der Waals surface area (Å²) in [5.74, 6) is -0.790. The molecule has 1 fully saturated rings. The summed E-state index contributed by atoms with van der Waals surface area (Å²) in [6.45, 7) is 6.18. The number of sulfonamides is 1. The van der Waals surface area contributed by atoms with Gasteiger partial charge in [-0.15, -0.1) is 0 Å². The number of amides is 1. The molecule has 150 valence electrons.